The smallest absolute Gasteiger partial charge is 0.262 e. The molecule has 2 N–H and O–H groups in total. The van der Waals surface area contributed by atoms with Gasteiger partial charge in [-0.1, -0.05) is 19.1 Å². The van der Waals surface area contributed by atoms with E-state index in [-0.39, 0.29) is 11.3 Å². The van der Waals surface area contributed by atoms with E-state index in [1.807, 2.05) is 24.3 Å². The second-order valence-corrected chi connectivity index (χ2v) is 5.50. The quantitative estimate of drug-likeness (QED) is 0.853. The minimum absolute atomic E-state index is 0.0740. The second-order valence-electron chi connectivity index (χ2n) is 5.50. The fourth-order valence-electron chi connectivity index (χ4n) is 2.23. The van der Waals surface area contributed by atoms with Crippen molar-refractivity contribution in [1.29, 1.82) is 0 Å². The lowest BCUT2D eigenvalue weighted by molar-refractivity contribution is -0.132. The lowest BCUT2D eigenvalue weighted by Crippen LogP contribution is -2.52. The molecule has 0 radical (unpaired) electrons. The Kier molecular flexibility index (Phi) is 3.06. The molecule has 5 nitrogen and oxygen atoms in total. The summed E-state index contributed by atoms with van der Waals surface area (Å²) in [4.78, 5) is 12.1. The molecule has 0 saturated carbocycles. The van der Waals surface area contributed by atoms with Crippen molar-refractivity contribution in [1.82, 2.24) is 5.32 Å². The van der Waals surface area contributed by atoms with Crippen molar-refractivity contribution >= 4 is 11.6 Å². The topological polar surface area (TPSA) is 59.6 Å². The Morgan fingerprint density at radius 1 is 1.47 bits per heavy atom. The summed E-state index contributed by atoms with van der Waals surface area (Å²) in [7, 11) is 0. The number of ether oxygens (including phenoxy) is 2. The van der Waals surface area contributed by atoms with Crippen LogP contribution in [0.4, 0.5) is 5.69 Å². The minimum atomic E-state index is -0.473. The molecule has 1 aromatic rings. The molecule has 5 heteroatoms. The van der Waals surface area contributed by atoms with Gasteiger partial charge in [-0.2, -0.15) is 0 Å². The number of anilines is 1. The van der Waals surface area contributed by atoms with Crippen molar-refractivity contribution in [3.63, 3.8) is 0 Å². The molecule has 2 aliphatic rings. The van der Waals surface area contributed by atoms with Gasteiger partial charge in [0.05, 0.1) is 25.4 Å². The number of hydrogen-bond acceptors (Lipinski definition) is 4. The molecule has 2 aliphatic heterocycles. The van der Waals surface area contributed by atoms with Crippen molar-refractivity contribution in [2.45, 2.75) is 13.0 Å². The molecule has 0 aromatic heterocycles. The van der Waals surface area contributed by atoms with Crippen LogP contribution in [0.3, 0.4) is 0 Å². The summed E-state index contributed by atoms with van der Waals surface area (Å²) in [6, 6.07) is 7.64. The third-order valence-electron chi connectivity index (χ3n) is 3.52. The van der Waals surface area contributed by atoms with E-state index < -0.39 is 6.10 Å². The number of para-hydroxylation sites is 2. The first kappa shape index (κ1) is 12.3. The number of amides is 1. The van der Waals surface area contributed by atoms with Crippen LogP contribution in [0.5, 0.6) is 5.75 Å². The largest absolute Gasteiger partial charge is 0.477 e. The van der Waals surface area contributed by atoms with E-state index in [9.17, 15) is 4.79 Å². The van der Waals surface area contributed by atoms with Gasteiger partial charge in [-0.15, -0.1) is 0 Å². The molecule has 0 spiro atoms. The molecule has 0 aliphatic carbocycles. The number of nitrogens with one attached hydrogen (secondary N) is 2. The number of carbonyl (C=O) groups is 1. The molecule has 0 bridgehead atoms. The third kappa shape index (κ3) is 2.51. The average molecular weight is 262 g/mol. The van der Waals surface area contributed by atoms with Crippen LogP contribution in [-0.2, 0) is 9.53 Å². The zero-order chi connectivity index (χ0) is 13.3. The van der Waals surface area contributed by atoms with Crippen molar-refractivity contribution in [2.75, 3.05) is 31.6 Å². The lowest BCUT2D eigenvalue weighted by atomic mass is 9.89. The molecule has 19 heavy (non-hydrogen) atoms. The van der Waals surface area contributed by atoms with Gasteiger partial charge in [-0.25, -0.2) is 0 Å². The van der Waals surface area contributed by atoms with Gasteiger partial charge >= 0.3 is 0 Å². The third-order valence-corrected chi connectivity index (χ3v) is 3.52. The highest BCUT2D eigenvalue weighted by atomic mass is 16.5. The predicted octanol–water partition coefficient (Wildman–Crippen LogP) is 1.01. The van der Waals surface area contributed by atoms with E-state index in [0.717, 1.165) is 11.4 Å². The fraction of sp³-hybridized carbons (Fsp3) is 0.500. The standard InChI is InChI=1S/C14H18N2O3/c1-14(8-18-9-14)7-16-13(17)12-6-15-10-4-2-3-5-11(10)19-12/h2-5,12,15H,6-9H2,1H3,(H,16,17). The molecule has 1 aromatic carbocycles. The molecule has 1 atom stereocenters. The molecular formula is C14H18N2O3. The van der Waals surface area contributed by atoms with E-state index in [4.69, 9.17) is 9.47 Å². The van der Waals surface area contributed by atoms with E-state index in [2.05, 4.69) is 17.6 Å². The summed E-state index contributed by atoms with van der Waals surface area (Å²) in [6.07, 6.45) is -0.473. The normalized spacial score (nSPS) is 23.3. The Balaban J connectivity index is 1.57. The van der Waals surface area contributed by atoms with Gasteiger partial charge in [-0.3, -0.25) is 4.79 Å². The molecule has 2 heterocycles. The van der Waals surface area contributed by atoms with Crippen molar-refractivity contribution < 1.29 is 14.3 Å². The molecule has 3 rings (SSSR count). The predicted molar refractivity (Wildman–Crippen MR) is 71.3 cm³/mol. The molecule has 102 valence electrons. The Bertz CT molecular complexity index is 485. The first-order chi connectivity index (χ1) is 9.16. The maximum Gasteiger partial charge on any atom is 0.262 e. The van der Waals surface area contributed by atoms with Crippen LogP contribution in [0.15, 0.2) is 24.3 Å². The zero-order valence-electron chi connectivity index (χ0n) is 10.9. The zero-order valence-corrected chi connectivity index (χ0v) is 10.9. The van der Waals surface area contributed by atoms with Crippen LogP contribution < -0.4 is 15.4 Å². The van der Waals surface area contributed by atoms with Gasteiger partial charge in [-0.05, 0) is 12.1 Å². The SMILES string of the molecule is CC1(CNC(=O)C2CNc3ccccc3O2)COC1. The van der Waals surface area contributed by atoms with Crippen molar-refractivity contribution in [2.24, 2.45) is 5.41 Å². The van der Waals surface area contributed by atoms with E-state index in [1.54, 1.807) is 0 Å². The summed E-state index contributed by atoms with van der Waals surface area (Å²) in [5.41, 5.74) is 1.02. The van der Waals surface area contributed by atoms with Gasteiger partial charge in [0.15, 0.2) is 6.10 Å². The van der Waals surface area contributed by atoms with Crippen molar-refractivity contribution in [3.05, 3.63) is 24.3 Å². The molecule has 1 saturated heterocycles. The van der Waals surface area contributed by atoms with Crippen LogP contribution in [0.1, 0.15) is 6.92 Å². The van der Waals surface area contributed by atoms with Gasteiger partial charge in [0.2, 0.25) is 0 Å². The molecule has 1 amide bonds. The Labute approximate surface area is 112 Å². The Morgan fingerprint density at radius 2 is 2.26 bits per heavy atom. The number of carbonyl (C=O) groups excluding carboxylic acids is 1. The highest BCUT2D eigenvalue weighted by Crippen LogP contribution is 2.28. The van der Waals surface area contributed by atoms with E-state index in [1.165, 1.54) is 0 Å². The number of rotatable bonds is 3. The minimum Gasteiger partial charge on any atom is -0.477 e. The second kappa shape index (κ2) is 4.74. The maximum absolute atomic E-state index is 12.1. The Morgan fingerprint density at radius 3 is 3.00 bits per heavy atom. The van der Waals surface area contributed by atoms with Crippen LogP contribution in [0.25, 0.3) is 0 Å². The van der Waals surface area contributed by atoms with Gasteiger partial charge in [0.1, 0.15) is 5.75 Å². The van der Waals surface area contributed by atoms with Gasteiger partial charge in [0.25, 0.3) is 5.91 Å². The summed E-state index contributed by atoms with van der Waals surface area (Å²) >= 11 is 0. The lowest BCUT2D eigenvalue weighted by Gasteiger charge is -2.38. The van der Waals surface area contributed by atoms with Crippen LogP contribution in [0.2, 0.25) is 0 Å². The molecule has 1 fully saturated rings. The molecular weight excluding hydrogens is 244 g/mol. The van der Waals surface area contributed by atoms with E-state index in [0.29, 0.717) is 26.3 Å². The number of hydrogen-bond donors (Lipinski definition) is 2. The summed E-state index contributed by atoms with van der Waals surface area (Å²) in [6.45, 7) is 4.65. The highest BCUT2D eigenvalue weighted by Gasteiger charge is 2.35. The maximum atomic E-state index is 12.1. The summed E-state index contributed by atoms with van der Waals surface area (Å²) in [5, 5.41) is 6.15. The Hall–Kier alpha value is -1.75. The van der Waals surface area contributed by atoms with Crippen molar-refractivity contribution in [3.8, 4) is 5.75 Å². The van der Waals surface area contributed by atoms with Crippen LogP contribution in [0, 0.1) is 5.41 Å². The first-order valence-electron chi connectivity index (χ1n) is 6.51. The van der Waals surface area contributed by atoms with Gasteiger partial charge < -0.3 is 20.1 Å². The van der Waals surface area contributed by atoms with Crippen LogP contribution in [-0.4, -0.2) is 38.3 Å². The fourth-order valence-corrected chi connectivity index (χ4v) is 2.23. The van der Waals surface area contributed by atoms with E-state index >= 15 is 0 Å². The van der Waals surface area contributed by atoms with Gasteiger partial charge in [0, 0.05) is 12.0 Å². The molecule has 1 unspecified atom stereocenters. The van der Waals surface area contributed by atoms with Crippen LogP contribution >= 0.6 is 0 Å². The number of fused-ring (bicyclic) bond motifs is 1. The first-order valence-corrected chi connectivity index (χ1v) is 6.51. The highest BCUT2D eigenvalue weighted by molar-refractivity contribution is 5.83. The monoisotopic (exact) mass is 262 g/mol. The number of benzene rings is 1. The average Bonchev–Trinajstić information content (AvgIpc) is 2.42. The summed E-state index contributed by atoms with van der Waals surface area (Å²) in [5.74, 6) is 0.655. The summed E-state index contributed by atoms with van der Waals surface area (Å²) < 4.78 is 10.9.